The highest BCUT2D eigenvalue weighted by atomic mass is 32.1. The average Bonchev–Trinajstić information content (AvgIpc) is 3.21. The number of nitrogens with one attached hydrogen (secondary N) is 1. The number of rotatable bonds is 5. The van der Waals surface area contributed by atoms with Gasteiger partial charge in [-0.2, -0.15) is 4.52 Å². The molecule has 4 rings (SSSR count). The fourth-order valence-corrected chi connectivity index (χ4v) is 3.21. The maximum absolute atomic E-state index is 12.4. The van der Waals surface area contributed by atoms with Crippen LogP contribution < -0.4 is 10.1 Å². The first-order valence-electron chi connectivity index (χ1n) is 7.96. The molecule has 0 unspecified atom stereocenters. The molecule has 0 atom stereocenters. The van der Waals surface area contributed by atoms with Gasteiger partial charge in [0, 0.05) is 5.56 Å². The van der Waals surface area contributed by atoms with E-state index in [4.69, 9.17) is 4.74 Å². The molecule has 130 valence electrons. The van der Waals surface area contributed by atoms with Crippen LogP contribution in [-0.2, 0) is 6.61 Å². The molecule has 0 aliphatic carbocycles. The summed E-state index contributed by atoms with van der Waals surface area (Å²) in [6.07, 6.45) is 0. The van der Waals surface area contributed by atoms with Crippen molar-refractivity contribution in [3.05, 3.63) is 71.5 Å². The second kappa shape index (κ2) is 6.93. The lowest BCUT2D eigenvalue weighted by Crippen LogP contribution is -2.13. The molecule has 0 saturated heterocycles. The second-order valence-corrected chi connectivity index (χ2v) is 6.54. The SMILES string of the molecule is Cc1ccccc1C(=O)Nc1nn2c(COc3ccccc3)nnc2s1. The summed E-state index contributed by atoms with van der Waals surface area (Å²) in [4.78, 5) is 13.0. The van der Waals surface area contributed by atoms with E-state index in [2.05, 4.69) is 20.6 Å². The summed E-state index contributed by atoms with van der Waals surface area (Å²) in [5.74, 6) is 1.11. The Morgan fingerprint density at radius 3 is 2.69 bits per heavy atom. The quantitative estimate of drug-likeness (QED) is 0.587. The van der Waals surface area contributed by atoms with E-state index >= 15 is 0 Å². The first-order chi connectivity index (χ1) is 12.7. The van der Waals surface area contributed by atoms with E-state index in [1.165, 1.54) is 11.3 Å². The van der Waals surface area contributed by atoms with Crippen molar-refractivity contribution in [3.63, 3.8) is 0 Å². The number of para-hydroxylation sites is 1. The van der Waals surface area contributed by atoms with E-state index < -0.39 is 0 Å². The first kappa shape index (κ1) is 16.2. The molecule has 1 amide bonds. The Kier molecular flexibility index (Phi) is 4.32. The van der Waals surface area contributed by atoms with Gasteiger partial charge in [-0.3, -0.25) is 10.1 Å². The fraction of sp³-hybridized carbons (Fsp3) is 0.111. The molecule has 2 aromatic carbocycles. The average molecular weight is 365 g/mol. The van der Waals surface area contributed by atoms with Crippen LogP contribution in [0, 0.1) is 6.92 Å². The molecule has 0 radical (unpaired) electrons. The number of hydrogen-bond donors (Lipinski definition) is 1. The number of nitrogens with zero attached hydrogens (tertiary/aromatic N) is 4. The summed E-state index contributed by atoms with van der Waals surface area (Å²) in [6.45, 7) is 2.13. The van der Waals surface area contributed by atoms with Crippen molar-refractivity contribution in [3.8, 4) is 5.75 Å². The van der Waals surface area contributed by atoms with E-state index in [1.54, 1.807) is 10.6 Å². The van der Waals surface area contributed by atoms with Gasteiger partial charge in [-0.1, -0.05) is 47.7 Å². The Morgan fingerprint density at radius 2 is 1.88 bits per heavy atom. The van der Waals surface area contributed by atoms with Crippen molar-refractivity contribution >= 4 is 27.3 Å². The van der Waals surface area contributed by atoms with Gasteiger partial charge >= 0.3 is 0 Å². The van der Waals surface area contributed by atoms with Gasteiger partial charge < -0.3 is 4.74 Å². The summed E-state index contributed by atoms with van der Waals surface area (Å²) in [6, 6.07) is 16.9. The van der Waals surface area contributed by atoms with E-state index in [0.29, 0.717) is 21.5 Å². The third-order valence-electron chi connectivity index (χ3n) is 3.78. The van der Waals surface area contributed by atoms with Gasteiger partial charge in [-0.05, 0) is 30.7 Å². The molecule has 0 bridgehead atoms. The predicted octanol–water partition coefficient (Wildman–Crippen LogP) is 3.33. The van der Waals surface area contributed by atoms with Crippen LogP contribution in [0.3, 0.4) is 0 Å². The van der Waals surface area contributed by atoms with Crippen molar-refractivity contribution in [2.24, 2.45) is 0 Å². The summed E-state index contributed by atoms with van der Waals surface area (Å²) < 4.78 is 7.27. The smallest absolute Gasteiger partial charge is 0.257 e. The number of carbonyl (C=O) groups excluding carboxylic acids is 1. The zero-order valence-electron chi connectivity index (χ0n) is 13.9. The number of hydrogen-bond acceptors (Lipinski definition) is 6. The van der Waals surface area contributed by atoms with Crippen LogP contribution in [0.15, 0.2) is 54.6 Å². The third kappa shape index (κ3) is 3.27. The van der Waals surface area contributed by atoms with Gasteiger partial charge in [0.15, 0.2) is 5.82 Å². The van der Waals surface area contributed by atoms with Crippen LogP contribution in [0.5, 0.6) is 5.75 Å². The number of aryl methyl sites for hydroxylation is 1. The van der Waals surface area contributed by atoms with Crippen LogP contribution in [0.2, 0.25) is 0 Å². The monoisotopic (exact) mass is 365 g/mol. The van der Waals surface area contributed by atoms with Crippen molar-refractivity contribution in [2.45, 2.75) is 13.5 Å². The molecule has 26 heavy (non-hydrogen) atoms. The number of anilines is 1. The largest absolute Gasteiger partial charge is 0.486 e. The molecule has 0 fully saturated rings. The van der Waals surface area contributed by atoms with Crippen LogP contribution in [0.4, 0.5) is 5.13 Å². The van der Waals surface area contributed by atoms with Crippen molar-refractivity contribution < 1.29 is 9.53 Å². The molecule has 8 heteroatoms. The zero-order chi connectivity index (χ0) is 17.9. The van der Waals surface area contributed by atoms with Crippen LogP contribution >= 0.6 is 11.3 Å². The zero-order valence-corrected chi connectivity index (χ0v) is 14.7. The van der Waals surface area contributed by atoms with E-state index in [-0.39, 0.29) is 12.5 Å². The summed E-state index contributed by atoms with van der Waals surface area (Å²) >= 11 is 1.26. The maximum atomic E-state index is 12.4. The summed E-state index contributed by atoms with van der Waals surface area (Å²) in [7, 11) is 0. The number of ether oxygens (including phenoxy) is 1. The Hall–Kier alpha value is -3.26. The number of aromatic nitrogens is 4. The minimum absolute atomic E-state index is 0.199. The molecule has 2 aromatic heterocycles. The minimum atomic E-state index is -0.199. The topological polar surface area (TPSA) is 81.4 Å². The molecule has 0 aliphatic rings. The van der Waals surface area contributed by atoms with Gasteiger partial charge in [-0.15, -0.1) is 15.3 Å². The first-order valence-corrected chi connectivity index (χ1v) is 8.78. The number of carbonyl (C=O) groups is 1. The van der Waals surface area contributed by atoms with Gasteiger partial charge in [0.2, 0.25) is 10.1 Å². The van der Waals surface area contributed by atoms with Crippen LogP contribution in [-0.4, -0.2) is 25.7 Å². The van der Waals surface area contributed by atoms with Crippen LogP contribution in [0.1, 0.15) is 21.7 Å². The van der Waals surface area contributed by atoms with E-state index in [1.807, 2.05) is 55.5 Å². The molecule has 0 aliphatic heterocycles. The third-order valence-corrected chi connectivity index (χ3v) is 4.59. The standard InChI is InChI=1S/C18H15N5O2S/c1-12-7-5-6-10-14(12)16(24)19-17-22-23-15(20-21-18(23)26-17)11-25-13-8-3-2-4-9-13/h2-10H,11H2,1H3,(H,19,22,24). The number of amides is 1. The van der Waals surface area contributed by atoms with E-state index in [9.17, 15) is 4.79 Å². The lowest BCUT2D eigenvalue weighted by molar-refractivity contribution is 0.102. The normalized spacial score (nSPS) is 10.8. The Labute approximate surface area is 153 Å². The molecule has 0 saturated carbocycles. The van der Waals surface area contributed by atoms with Gasteiger partial charge in [0.1, 0.15) is 12.4 Å². The minimum Gasteiger partial charge on any atom is -0.486 e. The molecule has 7 nitrogen and oxygen atoms in total. The molecule has 2 heterocycles. The highest BCUT2D eigenvalue weighted by molar-refractivity contribution is 7.20. The van der Waals surface area contributed by atoms with Crippen molar-refractivity contribution in [2.75, 3.05) is 5.32 Å². The molecular weight excluding hydrogens is 350 g/mol. The lowest BCUT2D eigenvalue weighted by atomic mass is 10.1. The Bertz CT molecular complexity index is 1060. The summed E-state index contributed by atoms with van der Waals surface area (Å²) in [5, 5.41) is 15.8. The molecule has 0 spiro atoms. The Morgan fingerprint density at radius 1 is 1.12 bits per heavy atom. The number of fused-ring (bicyclic) bond motifs is 1. The number of benzene rings is 2. The fourth-order valence-electron chi connectivity index (χ4n) is 2.45. The predicted molar refractivity (Wildman–Crippen MR) is 98.6 cm³/mol. The van der Waals surface area contributed by atoms with E-state index in [0.717, 1.165) is 11.3 Å². The highest BCUT2D eigenvalue weighted by Gasteiger charge is 2.15. The molecule has 1 N–H and O–H groups in total. The molecular formula is C18H15N5O2S. The lowest BCUT2D eigenvalue weighted by Gasteiger charge is -2.04. The molecule has 4 aromatic rings. The highest BCUT2D eigenvalue weighted by Crippen LogP contribution is 2.21. The van der Waals surface area contributed by atoms with Gasteiger partial charge in [-0.25, -0.2) is 0 Å². The maximum Gasteiger partial charge on any atom is 0.257 e. The van der Waals surface area contributed by atoms with Crippen molar-refractivity contribution in [1.82, 2.24) is 19.8 Å². The Balaban J connectivity index is 1.50. The van der Waals surface area contributed by atoms with Crippen LogP contribution in [0.25, 0.3) is 4.96 Å². The van der Waals surface area contributed by atoms with Gasteiger partial charge in [0.25, 0.3) is 5.91 Å². The van der Waals surface area contributed by atoms with Crippen molar-refractivity contribution in [1.29, 1.82) is 0 Å². The van der Waals surface area contributed by atoms with Gasteiger partial charge in [0.05, 0.1) is 0 Å². The summed E-state index contributed by atoms with van der Waals surface area (Å²) in [5.41, 5.74) is 1.52. The second-order valence-electron chi connectivity index (χ2n) is 5.59.